The lowest BCUT2D eigenvalue weighted by atomic mass is 9.97. The van der Waals surface area contributed by atoms with Crippen LogP contribution >= 0.6 is 0 Å². The van der Waals surface area contributed by atoms with Crippen LogP contribution in [0.5, 0.6) is 5.75 Å². The highest BCUT2D eigenvalue weighted by atomic mass is 16.5. The second-order valence-corrected chi connectivity index (χ2v) is 6.66. The third-order valence-corrected chi connectivity index (χ3v) is 5.22. The van der Waals surface area contributed by atoms with Crippen molar-refractivity contribution in [2.24, 2.45) is 0 Å². The quantitative estimate of drug-likeness (QED) is 0.490. The van der Waals surface area contributed by atoms with Crippen molar-refractivity contribution in [2.45, 2.75) is 6.92 Å². The number of para-hydroxylation sites is 1. The summed E-state index contributed by atoms with van der Waals surface area (Å²) >= 11 is 0. The van der Waals surface area contributed by atoms with E-state index in [-0.39, 0.29) is 5.91 Å². The van der Waals surface area contributed by atoms with E-state index in [4.69, 9.17) is 4.74 Å². The van der Waals surface area contributed by atoms with Crippen LogP contribution in [0, 0.1) is 0 Å². The van der Waals surface area contributed by atoms with E-state index < -0.39 is 0 Å². The maximum atomic E-state index is 13.2. The summed E-state index contributed by atoms with van der Waals surface area (Å²) in [7, 11) is 1.67. The molecule has 0 fully saturated rings. The van der Waals surface area contributed by atoms with Crippen LogP contribution in [0.2, 0.25) is 0 Å². The summed E-state index contributed by atoms with van der Waals surface area (Å²) in [6.45, 7) is 2.03. The van der Waals surface area contributed by atoms with E-state index in [1.807, 2.05) is 66.1 Å². The number of rotatable bonds is 2. The van der Waals surface area contributed by atoms with Gasteiger partial charge in [0.25, 0.3) is 5.91 Å². The average molecular weight is 339 g/mol. The standard InChI is InChI=1S/C23H17NO2/c1-14-21-13-17-5-3-4-6-20(17)24(21)23(25)22(14)18-8-7-16-12-19(26-2)10-9-15(16)11-18/h3-13H,1-2H3. The Hall–Kier alpha value is -3.33. The van der Waals surface area contributed by atoms with Gasteiger partial charge in [0.15, 0.2) is 0 Å². The number of fused-ring (bicyclic) bond motifs is 4. The van der Waals surface area contributed by atoms with Crippen LogP contribution in [0.3, 0.4) is 0 Å². The first kappa shape index (κ1) is 15.0. The van der Waals surface area contributed by atoms with Gasteiger partial charge in [0.05, 0.1) is 23.9 Å². The summed E-state index contributed by atoms with van der Waals surface area (Å²) < 4.78 is 7.12. The number of carbonyl (C=O) groups excluding carboxylic acids is 1. The van der Waals surface area contributed by atoms with E-state index in [1.54, 1.807) is 7.11 Å². The zero-order valence-corrected chi connectivity index (χ0v) is 14.6. The molecule has 0 bridgehead atoms. The van der Waals surface area contributed by atoms with Crippen molar-refractivity contribution < 1.29 is 9.53 Å². The van der Waals surface area contributed by atoms with E-state index >= 15 is 0 Å². The Labute approximate surface area is 151 Å². The van der Waals surface area contributed by atoms with Crippen LogP contribution in [-0.2, 0) is 0 Å². The fraction of sp³-hybridized carbons (Fsp3) is 0.0870. The molecule has 0 atom stereocenters. The predicted octanol–water partition coefficient (Wildman–Crippen LogP) is 5.39. The van der Waals surface area contributed by atoms with Gasteiger partial charge in [0, 0.05) is 5.39 Å². The van der Waals surface area contributed by atoms with Crippen LogP contribution in [0.15, 0.2) is 66.7 Å². The molecule has 0 unspecified atom stereocenters. The molecule has 2 heterocycles. The fourth-order valence-electron chi connectivity index (χ4n) is 3.90. The van der Waals surface area contributed by atoms with Crippen molar-refractivity contribution in [1.29, 1.82) is 0 Å². The lowest BCUT2D eigenvalue weighted by molar-refractivity contribution is 0.0989. The monoisotopic (exact) mass is 339 g/mol. The number of carbonyl (C=O) groups is 1. The number of allylic oxidation sites excluding steroid dienone is 2. The second-order valence-electron chi connectivity index (χ2n) is 6.66. The van der Waals surface area contributed by atoms with Gasteiger partial charge in [0.1, 0.15) is 5.75 Å². The van der Waals surface area contributed by atoms with Gasteiger partial charge in [0.2, 0.25) is 0 Å². The molecular weight excluding hydrogens is 322 g/mol. The molecule has 0 aliphatic carbocycles. The summed E-state index contributed by atoms with van der Waals surface area (Å²) in [4.78, 5) is 13.2. The minimum Gasteiger partial charge on any atom is -0.497 e. The Kier molecular flexibility index (Phi) is 3.07. The van der Waals surface area contributed by atoms with Crippen LogP contribution in [0.25, 0.3) is 32.8 Å². The van der Waals surface area contributed by atoms with Crippen LogP contribution in [0.4, 0.5) is 0 Å². The lowest BCUT2D eigenvalue weighted by Gasteiger charge is -2.08. The number of benzene rings is 3. The van der Waals surface area contributed by atoms with E-state index in [9.17, 15) is 4.79 Å². The Bertz CT molecular complexity index is 1240. The van der Waals surface area contributed by atoms with Gasteiger partial charge < -0.3 is 4.74 Å². The molecule has 4 aromatic rings. The largest absolute Gasteiger partial charge is 0.497 e. The van der Waals surface area contributed by atoms with Crippen LogP contribution in [0.1, 0.15) is 23.0 Å². The Morgan fingerprint density at radius 2 is 1.62 bits per heavy atom. The highest BCUT2D eigenvalue weighted by molar-refractivity contribution is 6.33. The van der Waals surface area contributed by atoms with Gasteiger partial charge in [-0.3, -0.25) is 9.36 Å². The lowest BCUT2D eigenvalue weighted by Crippen LogP contribution is -2.07. The predicted molar refractivity (Wildman–Crippen MR) is 106 cm³/mol. The second kappa shape index (κ2) is 5.33. The molecule has 3 aromatic carbocycles. The van der Waals surface area contributed by atoms with Crippen molar-refractivity contribution in [1.82, 2.24) is 4.57 Å². The SMILES string of the molecule is COc1ccc2cc(C3=C(C)c4cc5ccccc5n4C3=O)ccc2c1. The van der Waals surface area contributed by atoms with Crippen molar-refractivity contribution in [3.05, 3.63) is 78.0 Å². The fourth-order valence-corrected chi connectivity index (χ4v) is 3.90. The molecule has 0 spiro atoms. The van der Waals surface area contributed by atoms with Gasteiger partial charge in [-0.15, -0.1) is 0 Å². The Morgan fingerprint density at radius 1 is 0.846 bits per heavy atom. The number of hydrogen-bond donors (Lipinski definition) is 0. The van der Waals surface area contributed by atoms with Crippen molar-refractivity contribution >= 4 is 38.7 Å². The topological polar surface area (TPSA) is 31.2 Å². The van der Waals surface area contributed by atoms with Crippen molar-refractivity contribution in [3.8, 4) is 5.75 Å². The van der Waals surface area contributed by atoms with Gasteiger partial charge in [-0.05, 0) is 59.2 Å². The summed E-state index contributed by atoms with van der Waals surface area (Å²) in [6, 6.07) is 22.3. The van der Waals surface area contributed by atoms with E-state index in [2.05, 4.69) is 12.1 Å². The number of ether oxygens (including phenoxy) is 1. The van der Waals surface area contributed by atoms with E-state index in [0.717, 1.165) is 49.8 Å². The third-order valence-electron chi connectivity index (χ3n) is 5.22. The maximum absolute atomic E-state index is 13.2. The third kappa shape index (κ3) is 1.97. The van der Waals surface area contributed by atoms with Crippen molar-refractivity contribution in [3.63, 3.8) is 0 Å². The zero-order chi connectivity index (χ0) is 17.8. The number of nitrogens with zero attached hydrogens (tertiary/aromatic N) is 1. The summed E-state index contributed by atoms with van der Waals surface area (Å²) in [5, 5.41) is 3.29. The van der Waals surface area contributed by atoms with Gasteiger partial charge in [-0.1, -0.05) is 36.4 Å². The average Bonchev–Trinajstić information content (AvgIpc) is 3.17. The molecule has 0 radical (unpaired) electrons. The molecular formula is C23H17NO2. The Balaban J connectivity index is 1.69. The molecule has 26 heavy (non-hydrogen) atoms. The van der Waals surface area contributed by atoms with Crippen LogP contribution < -0.4 is 4.74 Å². The molecule has 126 valence electrons. The first-order valence-electron chi connectivity index (χ1n) is 8.62. The first-order valence-corrected chi connectivity index (χ1v) is 8.62. The molecule has 0 saturated heterocycles. The highest BCUT2D eigenvalue weighted by Crippen LogP contribution is 2.39. The summed E-state index contributed by atoms with van der Waals surface area (Å²) in [5.74, 6) is 0.881. The summed E-state index contributed by atoms with van der Waals surface area (Å²) in [6.07, 6.45) is 0. The molecule has 3 nitrogen and oxygen atoms in total. The molecule has 0 amide bonds. The molecule has 0 saturated carbocycles. The minimum atomic E-state index is 0.0477. The summed E-state index contributed by atoms with van der Waals surface area (Å²) in [5.41, 5.74) is 4.72. The van der Waals surface area contributed by atoms with Gasteiger partial charge in [-0.2, -0.15) is 0 Å². The highest BCUT2D eigenvalue weighted by Gasteiger charge is 2.29. The normalized spacial score (nSPS) is 13.7. The zero-order valence-electron chi connectivity index (χ0n) is 14.6. The molecule has 5 rings (SSSR count). The molecule has 1 aliphatic heterocycles. The van der Waals surface area contributed by atoms with Crippen LogP contribution in [-0.4, -0.2) is 17.6 Å². The Morgan fingerprint density at radius 3 is 2.46 bits per heavy atom. The number of aromatic nitrogens is 1. The molecule has 3 heteroatoms. The maximum Gasteiger partial charge on any atom is 0.263 e. The van der Waals surface area contributed by atoms with E-state index in [0.29, 0.717) is 0 Å². The molecule has 1 aromatic heterocycles. The molecule has 1 aliphatic rings. The first-order chi connectivity index (χ1) is 12.7. The smallest absolute Gasteiger partial charge is 0.263 e. The number of methoxy groups -OCH3 is 1. The molecule has 0 N–H and O–H groups in total. The number of hydrogen-bond acceptors (Lipinski definition) is 2. The van der Waals surface area contributed by atoms with Gasteiger partial charge >= 0.3 is 0 Å². The van der Waals surface area contributed by atoms with Crippen molar-refractivity contribution in [2.75, 3.05) is 7.11 Å². The van der Waals surface area contributed by atoms with Gasteiger partial charge in [-0.25, -0.2) is 0 Å². The minimum absolute atomic E-state index is 0.0477. The van der Waals surface area contributed by atoms with E-state index in [1.165, 1.54) is 0 Å².